The molecule has 0 amide bonds. The molecule has 2 unspecified atom stereocenters. The van der Waals surface area contributed by atoms with Crippen LogP contribution in [0.4, 0.5) is 0 Å². The molecule has 1 N–H and O–H groups in total. The van der Waals surface area contributed by atoms with Gasteiger partial charge in [-0.05, 0) is 48.9 Å². The predicted molar refractivity (Wildman–Crippen MR) is 85.4 cm³/mol. The highest BCUT2D eigenvalue weighted by Crippen LogP contribution is 2.38. The lowest BCUT2D eigenvalue weighted by Crippen LogP contribution is -2.23. The summed E-state index contributed by atoms with van der Waals surface area (Å²) in [6, 6.07) is 17.1. The zero-order chi connectivity index (χ0) is 13.9. The molecule has 2 aromatic carbocycles. The molecule has 2 atom stereocenters. The third-order valence-corrected chi connectivity index (χ3v) is 5.09. The van der Waals surface area contributed by atoms with Crippen LogP contribution < -0.4 is 0 Å². The third kappa shape index (κ3) is 3.08. The highest BCUT2D eigenvalue weighted by Gasteiger charge is 2.27. The van der Waals surface area contributed by atoms with E-state index in [9.17, 15) is 5.11 Å². The lowest BCUT2D eigenvalue weighted by Gasteiger charge is -2.31. The Hall–Kier alpha value is -1.25. The van der Waals surface area contributed by atoms with Crippen molar-refractivity contribution in [3.63, 3.8) is 0 Å². The van der Waals surface area contributed by atoms with Gasteiger partial charge in [0.1, 0.15) is 0 Å². The van der Waals surface area contributed by atoms with E-state index in [1.165, 1.54) is 21.6 Å². The van der Waals surface area contributed by atoms with Gasteiger partial charge < -0.3 is 5.11 Å². The standard InChI is InChI=1S/C18H20OS/c1-13-5-4-7-17(9-13)20-12-16(19)11-15-10-14-6-2-3-8-18(14)15/h2-9,15-16,19H,10-12H2,1H3. The molecule has 0 saturated heterocycles. The Labute approximate surface area is 125 Å². The first-order chi connectivity index (χ1) is 9.72. The number of fused-ring (bicyclic) bond motifs is 1. The van der Waals surface area contributed by atoms with Gasteiger partial charge in [0.25, 0.3) is 0 Å². The fourth-order valence-electron chi connectivity index (χ4n) is 2.87. The summed E-state index contributed by atoms with van der Waals surface area (Å²) in [5.74, 6) is 1.33. The topological polar surface area (TPSA) is 20.2 Å². The first kappa shape index (κ1) is 13.7. The summed E-state index contributed by atoms with van der Waals surface area (Å²) in [4.78, 5) is 1.25. The fourth-order valence-corrected chi connectivity index (χ4v) is 3.83. The van der Waals surface area contributed by atoms with Crippen molar-refractivity contribution in [2.45, 2.75) is 36.7 Å². The first-order valence-corrected chi connectivity index (χ1v) is 8.16. The second-order valence-corrected chi connectivity index (χ2v) is 6.71. The molecule has 1 aliphatic carbocycles. The lowest BCUT2D eigenvalue weighted by atomic mass is 9.75. The van der Waals surface area contributed by atoms with E-state index in [4.69, 9.17) is 0 Å². The SMILES string of the molecule is Cc1cccc(SCC(O)CC2Cc3ccccc32)c1. The zero-order valence-corrected chi connectivity index (χ0v) is 12.6. The van der Waals surface area contributed by atoms with Gasteiger partial charge in [-0.3, -0.25) is 0 Å². The molecule has 0 saturated carbocycles. The summed E-state index contributed by atoms with van der Waals surface area (Å²) in [6.45, 7) is 2.10. The van der Waals surface area contributed by atoms with Crippen LogP contribution in [0.5, 0.6) is 0 Å². The van der Waals surface area contributed by atoms with Gasteiger partial charge in [-0.1, -0.05) is 42.0 Å². The molecule has 1 aliphatic rings. The van der Waals surface area contributed by atoms with Gasteiger partial charge in [0.05, 0.1) is 6.10 Å². The largest absolute Gasteiger partial charge is 0.392 e. The van der Waals surface area contributed by atoms with Crippen LogP contribution in [0.2, 0.25) is 0 Å². The Morgan fingerprint density at radius 3 is 2.85 bits per heavy atom. The Balaban J connectivity index is 1.50. The maximum Gasteiger partial charge on any atom is 0.0640 e. The number of aliphatic hydroxyl groups excluding tert-OH is 1. The summed E-state index contributed by atoms with van der Waals surface area (Å²) in [7, 11) is 0. The number of thioether (sulfide) groups is 1. The second kappa shape index (κ2) is 6.02. The number of benzene rings is 2. The summed E-state index contributed by atoms with van der Waals surface area (Å²) >= 11 is 1.75. The van der Waals surface area contributed by atoms with Crippen LogP contribution in [0.3, 0.4) is 0 Å². The number of aliphatic hydroxyl groups is 1. The summed E-state index contributed by atoms with van der Waals surface area (Å²) < 4.78 is 0. The quantitative estimate of drug-likeness (QED) is 0.831. The van der Waals surface area contributed by atoms with Crippen molar-refractivity contribution in [1.29, 1.82) is 0 Å². The molecule has 0 heterocycles. The number of hydrogen-bond acceptors (Lipinski definition) is 2. The minimum atomic E-state index is -0.223. The molecule has 0 fully saturated rings. The molecule has 0 spiro atoms. The minimum Gasteiger partial charge on any atom is -0.392 e. The number of aryl methyl sites for hydroxylation is 1. The predicted octanol–water partition coefficient (Wildman–Crippen LogP) is 4.18. The molecule has 104 valence electrons. The summed E-state index contributed by atoms with van der Waals surface area (Å²) in [5.41, 5.74) is 4.17. The van der Waals surface area contributed by atoms with Crippen LogP contribution in [-0.4, -0.2) is 17.0 Å². The number of hydrogen-bond donors (Lipinski definition) is 1. The van der Waals surface area contributed by atoms with E-state index in [1.54, 1.807) is 11.8 Å². The van der Waals surface area contributed by atoms with Gasteiger partial charge >= 0.3 is 0 Å². The summed E-state index contributed by atoms with van der Waals surface area (Å²) in [6.07, 6.45) is 1.79. The molecule has 0 radical (unpaired) electrons. The van der Waals surface area contributed by atoms with E-state index in [-0.39, 0.29) is 6.10 Å². The van der Waals surface area contributed by atoms with Gasteiger partial charge in [0.2, 0.25) is 0 Å². The molecular formula is C18H20OS. The monoisotopic (exact) mass is 284 g/mol. The molecule has 3 rings (SSSR count). The number of rotatable bonds is 5. The van der Waals surface area contributed by atoms with Crippen LogP contribution in [-0.2, 0) is 6.42 Å². The molecule has 1 nitrogen and oxygen atoms in total. The van der Waals surface area contributed by atoms with Crippen LogP contribution in [0.25, 0.3) is 0 Å². The van der Waals surface area contributed by atoms with Crippen LogP contribution in [0.15, 0.2) is 53.4 Å². The minimum absolute atomic E-state index is 0.223. The van der Waals surface area contributed by atoms with Crippen molar-refractivity contribution in [2.24, 2.45) is 0 Å². The summed E-state index contributed by atoms with van der Waals surface area (Å²) in [5, 5.41) is 10.2. The van der Waals surface area contributed by atoms with Gasteiger partial charge in [-0.25, -0.2) is 0 Å². The smallest absolute Gasteiger partial charge is 0.0640 e. The first-order valence-electron chi connectivity index (χ1n) is 7.17. The molecule has 20 heavy (non-hydrogen) atoms. The van der Waals surface area contributed by atoms with Gasteiger partial charge in [-0.2, -0.15) is 0 Å². The van der Waals surface area contributed by atoms with Crippen molar-refractivity contribution in [3.05, 3.63) is 65.2 Å². The van der Waals surface area contributed by atoms with E-state index in [0.717, 1.165) is 18.6 Å². The van der Waals surface area contributed by atoms with Gasteiger partial charge in [0, 0.05) is 10.6 Å². The van der Waals surface area contributed by atoms with Crippen molar-refractivity contribution in [3.8, 4) is 0 Å². The van der Waals surface area contributed by atoms with Gasteiger partial charge in [0.15, 0.2) is 0 Å². The Morgan fingerprint density at radius 2 is 2.05 bits per heavy atom. The normalized spacial score (nSPS) is 18.2. The Kier molecular flexibility index (Phi) is 4.13. The highest BCUT2D eigenvalue weighted by atomic mass is 32.2. The van der Waals surface area contributed by atoms with E-state index < -0.39 is 0 Å². The average Bonchev–Trinajstić information content (AvgIpc) is 2.43. The molecular weight excluding hydrogens is 264 g/mol. The van der Waals surface area contributed by atoms with E-state index in [1.807, 2.05) is 0 Å². The molecule has 2 aromatic rings. The van der Waals surface area contributed by atoms with Crippen LogP contribution >= 0.6 is 11.8 Å². The van der Waals surface area contributed by atoms with Crippen LogP contribution in [0, 0.1) is 6.92 Å². The molecule has 0 bridgehead atoms. The average molecular weight is 284 g/mol. The van der Waals surface area contributed by atoms with E-state index in [2.05, 4.69) is 55.5 Å². The third-order valence-electron chi connectivity index (χ3n) is 3.95. The fraction of sp³-hybridized carbons (Fsp3) is 0.333. The highest BCUT2D eigenvalue weighted by molar-refractivity contribution is 7.99. The van der Waals surface area contributed by atoms with E-state index in [0.29, 0.717) is 5.92 Å². The molecule has 0 aliphatic heterocycles. The van der Waals surface area contributed by atoms with E-state index >= 15 is 0 Å². The molecule has 2 heteroatoms. The maximum absolute atomic E-state index is 10.2. The van der Waals surface area contributed by atoms with Gasteiger partial charge in [-0.15, -0.1) is 11.8 Å². The Bertz CT molecular complexity index is 593. The molecule has 0 aromatic heterocycles. The van der Waals surface area contributed by atoms with Crippen molar-refractivity contribution < 1.29 is 5.11 Å². The van der Waals surface area contributed by atoms with Crippen molar-refractivity contribution in [1.82, 2.24) is 0 Å². The second-order valence-electron chi connectivity index (χ2n) is 5.62. The van der Waals surface area contributed by atoms with Crippen molar-refractivity contribution in [2.75, 3.05) is 5.75 Å². The maximum atomic E-state index is 10.2. The van der Waals surface area contributed by atoms with Crippen molar-refractivity contribution >= 4 is 11.8 Å². The van der Waals surface area contributed by atoms with Crippen LogP contribution in [0.1, 0.15) is 29.0 Å². The zero-order valence-electron chi connectivity index (χ0n) is 11.8. The Morgan fingerprint density at radius 1 is 1.20 bits per heavy atom. The lowest BCUT2D eigenvalue weighted by molar-refractivity contribution is 0.175.